The molecule has 6 aliphatic heterocycles. The second-order valence-electron chi connectivity index (χ2n) is 11.4. The molecule has 6 fully saturated rings. The van der Waals surface area contributed by atoms with E-state index in [1.54, 1.807) is 0 Å². The molecule has 10 N–H and O–H groups in total. The molecule has 19 heteroatoms. The van der Waals surface area contributed by atoms with E-state index < -0.39 is 136 Å². The smallest absolute Gasteiger partial charge is 0.187 e. The predicted molar refractivity (Wildman–Crippen MR) is 127 cm³/mol. The summed E-state index contributed by atoms with van der Waals surface area (Å²) in [6.07, 6.45) is -27.7. The zero-order valence-corrected chi connectivity index (χ0v) is 22.5. The van der Waals surface area contributed by atoms with Gasteiger partial charge in [0, 0.05) is 0 Å². The van der Waals surface area contributed by atoms with Crippen LogP contribution in [-0.4, -0.2) is 200 Å². The van der Waals surface area contributed by atoms with Crippen molar-refractivity contribution in [1.29, 1.82) is 0 Å². The highest BCUT2D eigenvalue weighted by Crippen LogP contribution is 2.38. The summed E-state index contributed by atoms with van der Waals surface area (Å²) in [6.45, 7) is -1.52. The molecule has 0 aromatic rings. The van der Waals surface area contributed by atoms with Crippen molar-refractivity contribution in [3.8, 4) is 0 Å². The zero-order valence-electron chi connectivity index (χ0n) is 22.5. The fourth-order valence-electron chi connectivity index (χ4n) is 6.28. The normalized spacial score (nSPS) is 56.8. The minimum atomic E-state index is -1.79. The fourth-order valence-corrected chi connectivity index (χ4v) is 6.28. The van der Waals surface area contributed by atoms with Crippen molar-refractivity contribution in [2.75, 3.05) is 26.4 Å². The van der Waals surface area contributed by atoms with E-state index in [1.807, 2.05) is 0 Å². The summed E-state index contributed by atoms with van der Waals surface area (Å²) in [7, 11) is 0. The number of fused-ring (bicyclic) bond motifs is 4. The second-order valence-corrected chi connectivity index (χ2v) is 11.4. The molecule has 6 aliphatic rings. The minimum absolute atomic E-state index is 0.000819. The van der Waals surface area contributed by atoms with Crippen molar-refractivity contribution in [3.05, 3.63) is 0 Å². The molecule has 6 rings (SSSR count). The molecule has 6 saturated heterocycles. The first-order valence-electron chi connectivity index (χ1n) is 14.0. The average molecular weight is 631 g/mol. The molecular weight excluding hydrogens is 592 g/mol. The number of aliphatic hydroxyl groups is 10. The van der Waals surface area contributed by atoms with Crippen LogP contribution in [0.25, 0.3) is 0 Å². The molecule has 0 aromatic carbocycles. The van der Waals surface area contributed by atoms with Gasteiger partial charge in [0.2, 0.25) is 0 Å². The van der Waals surface area contributed by atoms with Crippen LogP contribution in [0, 0.1) is 0 Å². The molecule has 19 nitrogen and oxygen atoms in total. The van der Waals surface area contributed by atoms with Crippen molar-refractivity contribution in [1.82, 2.24) is 0 Å². The van der Waals surface area contributed by atoms with Crippen molar-refractivity contribution in [2.24, 2.45) is 0 Å². The largest absolute Gasteiger partial charge is 0.394 e. The van der Waals surface area contributed by atoms with Gasteiger partial charge in [0.1, 0.15) is 97.7 Å². The van der Waals surface area contributed by atoms with Gasteiger partial charge < -0.3 is 93.7 Å². The molecular formula is C24H38O19. The SMILES string of the molecule is OC[C@H]1O[C@@H](O[C@H]2[C@H]3OC[C@@H]2O[C@@H](O[C@H]2[C@@H](O)[C@@H](CO)OC(O)[C@@H]2O)[C@H]3O)[C@H](O)[C@@H](O[C@@H]2O[C@H]3CO[C@@H]([C@@H]2O)[C@@H]3O)[C@H]1O. The summed E-state index contributed by atoms with van der Waals surface area (Å²) in [5.41, 5.74) is 0. The lowest BCUT2D eigenvalue weighted by Crippen LogP contribution is -2.65. The first-order chi connectivity index (χ1) is 20.5. The number of hydrogen-bond donors (Lipinski definition) is 10. The molecule has 20 atom stereocenters. The summed E-state index contributed by atoms with van der Waals surface area (Å²) in [5, 5.41) is 103. The number of ether oxygens (including phenoxy) is 9. The lowest BCUT2D eigenvalue weighted by molar-refractivity contribution is -0.372. The maximum absolute atomic E-state index is 11.1. The Kier molecular flexibility index (Phi) is 9.58. The van der Waals surface area contributed by atoms with Crippen LogP contribution in [0.5, 0.6) is 0 Å². The van der Waals surface area contributed by atoms with Gasteiger partial charge in [-0.25, -0.2) is 0 Å². The third-order valence-electron chi connectivity index (χ3n) is 8.70. The Bertz CT molecular complexity index is 946. The Balaban J connectivity index is 1.12. The summed E-state index contributed by atoms with van der Waals surface area (Å²) in [5.74, 6) is 0. The Morgan fingerprint density at radius 1 is 0.465 bits per heavy atom. The maximum atomic E-state index is 11.1. The number of rotatable bonds is 8. The van der Waals surface area contributed by atoms with Crippen LogP contribution in [-0.2, 0) is 42.6 Å². The molecule has 248 valence electrons. The van der Waals surface area contributed by atoms with Crippen molar-refractivity contribution in [3.63, 3.8) is 0 Å². The number of hydrogen-bond acceptors (Lipinski definition) is 19. The van der Waals surface area contributed by atoms with E-state index in [2.05, 4.69) is 0 Å². The summed E-state index contributed by atoms with van der Waals surface area (Å²) in [4.78, 5) is 0. The van der Waals surface area contributed by atoms with Gasteiger partial charge in [-0.15, -0.1) is 0 Å². The first-order valence-corrected chi connectivity index (χ1v) is 14.0. The highest BCUT2D eigenvalue weighted by molar-refractivity contribution is 5.01. The average Bonchev–Trinajstić information content (AvgIpc) is 3.45. The van der Waals surface area contributed by atoms with Crippen LogP contribution in [0.4, 0.5) is 0 Å². The van der Waals surface area contributed by atoms with E-state index >= 15 is 0 Å². The Morgan fingerprint density at radius 2 is 0.953 bits per heavy atom. The van der Waals surface area contributed by atoms with Crippen LogP contribution < -0.4 is 0 Å². The number of aliphatic hydroxyl groups excluding tert-OH is 10. The highest BCUT2D eigenvalue weighted by atomic mass is 16.8. The lowest BCUT2D eigenvalue weighted by atomic mass is 9.96. The topological polar surface area (TPSA) is 285 Å². The quantitative estimate of drug-likeness (QED) is 0.119. The molecule has 4 bridgehead atoms. The summed E-state index contributed by atoms with van der Waals surface area (Å²) >= 11 is 0. The van der Waals surface area contributed by atoms with Crippen molar-refractivity contribution < 1.29 is 93.7 Å². The third-order valence-corrected chi connectivity index (χ3v) is 8.70. The molecule has 0 aromatic heterocycles. The van der Waals surface area contributed by atoms with Crippen LogP contribution in [0.3, 0.4) is 0 Å². The monoisotopic (exact) mass is 630 g/mol. The van der Waals surface area contributed by atoms with Gasteiger partial charge in [-0.1, -0.05) is 0 Å². The van der Waals surface area contributed by atoms with Crippen LogP contribution >= 0.6 is 0 Å². The molecule has 6 heterocycles. The second kappa shape index (κ2) is 12.8. The van der Waals surface area contributed by atoms with Crippen LogP contribution in [0.15, 0.2) is 0 Å². The molecule has 0 spiro atoms. The van der Waals surface area contributed by atoms with E-state index in [-0.39, 0.29) is 13.2 Å². The van der Waals surface area contributed by atoms with Crippen LogP contribution in [0.2, 0.25) is 0 Å². The molecule has 1 unspecified atom stereocenters. The van der Waals surface area contributed by atoms with Crippen molar-refractivity contribution in [2.45, 2.75) is 123 Å². The standard InChI is InChI=1S/C24H38O19/c25-1-5-9(27)18(12(30)21(34)37-5)42-24-15(33)20-16(8(40-24)4-36-20)41-23-14(32)19(10(28)6(2-26)38-23)43-22-13(31)17-11(29)7(39-22)3-35-17/h5-34H,1-4H2/t5-,6-,7+,8+,9+,10+,11-,12-,13+,14-,15+,16-,17-,18+,19+,20+,21?,22+,23+,24+/m1/s1. The molecule has 0 saturated carbocycles. The maximum Gasteiger partial charge on any atom is 0.187 e. The van der Waals surface area contributed by atoms with Gasteiger partial charge in [-0.2, -0.15) is 0 Å². The molecule has 43 heavy (non-hydrogen) atoms. The van der Waals surface area contributed by atoms with Gasteiger partial charge in [0.25, 0.3) is 0 Å². The molecule has 0 radical (unpaired) electrons. The Labute approximate surface area is 243 Å². The predicted octanol–water partition coefficient (Wildman–Crippen LogP) is -7.66. The van der Waals surface area contributed by atoms with Gasteiger partial charge in [-0.05, 0) is 0 Å². The molecule has 0 aliphatic carbocycles. The minimum Gasteiger partial charge on any atom is -0.394 e. The lowest BCUT2D eigenvalue weighted by Gasteiger charge is -2.47. The van der Waals surface area contributed by atoms with Crippen LogP contribution in [0.1, 0.15) is 0 Å². The van der Waals surface area contributed by atoms with E-state index in [9.17, 15) is 51.1 Å². The van der Waals surface area contributed by atoms with Crippen molar-refractivity contribution >= 4 is 0 Å². The highest BCUT2D eigenvalue weighted by Gasteiger charge is 2.58. The Hall–Kier alpha value is -0.760. The summed E-state index contributed by atoms with van der Waals surface area (Å²) in [6, 6.07) is 0. The first kappa shape index (κ1) is 32.2. The van der Waals surface area contributed by atoms with Gasteiger partial charge >= 0.3 is 0 Å². The molecule has 0 amide bonds. The van der Waals surface area contributed by atoms with E-state index in [0.29, 0.717) is 0 Å². The third kappa shape index (κ3) is 5.73. The van der Waals surface area contributed by atoms with Gasteiger partial charge in [0.15, 0.2) is 25.2 Å². The fraction of sp³-hybridized carbons (Fsp3) is 1.00. The summed E-state index contributed by atoms with van der Waals surface area (Å²) < 4.78 is 50.0. The van der Waals surface area contributed by atoms with E-state index in [1.165, 1.54) is 0 Å². The Morgan fingerprint density at radius 3 is 1.60 bits per heavy atom. The van der Waals surface area contributed by atoms with E-state index in [4.69, 9.17) is 42.6 Å². The van der Waals surface area contributed by atoms with Gasteiger partial charge in [-0.3, -0.25) is 0 Å². The van der Waals surface area contributed by atoms with Gasteiger partial charge in [0.05, 0.1) is 26.4 Å². The zero-order chi connectivity index (χ0) is 30.7. The van der Waals surface area contributed by atoms with E-state index in [0.717, 1.165) is 0 Å².